The van der Waals surface area contributed by atoms with Gasteiger partial charge < -0.3 is 21.4 Å². The summed E-state index contributed by atoms with van der Waals surface area (Å²) in [6.45, 7) is 3.51. The number of carbonyl (C=O) groups is 2. The van der Waals surface area contributed by atoms with Crippen LogP contribution < -0.4 is 16.8 Å². The Labute approximate surface area is 241 Å². The van der Waals surface area contributed by atoms with Crippen LogP contribution in [0.1, 0.15) is 37.5 Å². The Bertz CT molecular complexity index is 2100. The fourth-order valence-corrected chi connectivity index (χ4v) is 4.95. The Hall–Kier alpha value is -5.72. The predicted molar refractivity (Wildman–Crippen MR) is 155 cm³/mol. The van der Waals surface area contributed by atoms with E-state index < -0.39 is 23.6 Å². The van der Waals surface area contributed by atoms with E-state index in [4.69, 9.17) is 11.5 Å². The molecule has 216 valence electrons. The number of fused-ring (bicyclic) bond motifs is 2. The van der Waals surface area contributed by atoms with Gasteiger partial charge >= 0.3 is 6.18 Å². The first-order chi connectivity index (χ1) is 20.4. The van der Waals surface area contributed by atoms with Crippen LogP contribution >= 0.6 is 0 Å². The summed E-state index contributed by atoms with van der Waals surface area (Å²) in [7, 11) is 0. The maximum absolute atomic E-state index is 13.6. The number of aryl methyl sites for hydroxylation is 2. The van der Waals surface area contributed by atoms with E-state index in [-0.39, 0.29) is 39.5 Å². The maximum atomic E-state index is 13.6. The Balaban J connectivity index is 1.47. The quantitative estimate of drug-likeness (QED) is 0.250. The van der Waals surface area contributed by atoms with Gasteiger partial charge in [-0.2, -0.15) is 13.2 Å². The van der Waals surface area contributed by atoms with Gasteiger partial charge in [-0.25, -0.2) is 15.0 Å². The number of nitrogens with zero attached hydrogens (tertiary/aromatic N) is 5. The molecular weight excluding hydrogens is 561 g/mol. The van der Waals surface area contributed by atoms with Crippen LogP contribution in [0.5, 0.6) is 0 Å². The molecule has 0 saturated heterocycles. The third-order valence-electron chi connectivity index (χ3n) is 7.01. The number of amides is 2. The molecule has 0 radical (unpaired) electrons. The number of primary amides is 1. The molecule has 43 heavy (non-hydrogen) atoms. The van der Waals surface area contributed by atoms with E-state index >= 15 is 0 Å². The monoisotopic (exact) mass is 584 g/mol. The molecule has 2 amide bonds. The van der Waals surface area contributed by atoms with E-state index in [1.165, 1.54) is 21.5 Å². The van der Waals surface area contributed by atoms with Crippen LogP contribution in [-0.4, -0.2) is 35.9 Å². The largest absolute Gasteiger partial charge is 0.416 e. The van der Waals surface area contributed by atoms with E-state index in [0.29, 0.717) is 28.0 Å². The average Bonchev–Trinajstić information content (AvgIpc) is 3.51. The number of hydrogen-bond donors (Lipinski definition) is 3. The van der Waals surface area contributed by atoms with Crippen LogP contribution in [0.2, 0.25) is 0 Å². The summed E-state index contributed by atoms with van der Waals surface area (Å²) in [6.07, 6.45) is -1.64. The van der Waals surface area contributed by atoms with E-state index in [9.17, 15) is 22.8 Å². The number of rotatable bonds is 5. The number of nitrogens with one attached hydrogen (secondary N) is 1. The first-order valence-electron chi connectivity index (χ1n) is 12.9. The van der Waals surface area contributed by atoms with Crippen molar-refractivity contribution < 1.29 is 22.8 Å². The summed E-state index contributed by atoms with van der Waals surface area (Å²) in [5, 5.41) is 2.70. The van der Waals surface area contributed by atoms with Crippen LogP contribution in [0.4, 0.5) is 24.7 Å². The molecule has 3 heterocycles. The standard InChI is InChI=1S/C30H23F3N8O2/c1-15-7-9-18(37-29(43)19-11-17(30(31,32)33)8-10-22(19)40-13-16(2)36-14-40)12-23(15)41-26(34)24(27(35)42)25-28(41)39-21-6-4-3-5-20(21)38-25/h3-14H,34H2,1-2H3,(H2,35,42)(H,37,43). The van der Waals surface area contributed by atoms with Gasteiger partial charge in [-0.3, -0.25) is 14.2 Å². The zero-order chi connectivity index (χ0) is 30.6. The normalized spacial score (nSPS) is 11.7. The van der Waals surface area contributed by atoms with Gasteiger partial charge in [0.1, 0.15) is 16.9 Å². The fourth-order valence-electron chi connectivity index (χ4n) is 4.95. The van der Waals surface area contributed by atoms with Crippen molar-refractivity contribution in [1.29, 1.82) is 0 Å². The molecule has 0 aliphatic carbocycles. The van der Waals surface area contributed by atoms with Crippen molar-refractivity contribution in [1.82, 2.24) is 24.1 Å². The minimum atomic E-state index is -4.66. The molecule has 5 N–H and O–H groups in total. The van der Waals surface area contributed by atoms with Crippen molar-refractivity contribution >= 4 is 45.5 Å². The highest BCUT2D eigenvalue weighted by Gasteiger charge is 2.32. The number of nitrogen functional groups attached to an aromatic ring is 1. The summed E-state index contributed by atoms with van der Waals surface area (Å²) in [4.78, 5) is 39.3. The topological polar surface area (TPSA) is 147 Å². The lowest BCUT2D eigenvalue weighted by Gasteiger charge is -2.16. The van der Waals surface area contributed by atoms with Gasteiger partial charge in [0.15, 0.2) is 5.65 Å². The molecule has 0 atom stereocenters. The average molecular weight is 585 g/mol. The van der Waals surface area contributed by atoms with Crippen molar-refractivity contribution in [3.63, 3.8) is 0 Å². The number of hydrogen-bond acceptors (Lipinski definition) is 6. The molecule has 13 heteroatoms. The predicted octanol–water partition coefficient (Wildman–Crippen LogP) is 5.33. The Morgan fingerprint density at radius 1 is 0.930 bits per heavy atom. The summed E-state index contributed by atoms with van der Waals surface area (Å²) in [6, 6.07) is 14.9. The van der Waals surface area contributed by atoms with Gasteiger partial charge in [0.2, 0.25) is 0 Å². The number of aromatic nitrogens is 5. The Morgan fingerprint density at radius 2 is 1.65 bits per heavy atom. The molecule has 3 aromatic heterocycles. The highest BCUT2D eigenvalue weighted by molar-refractivity contribution is 6.11. The van der Waals surface area contributed by atoms with E-state index in [1.807, 2.05) is 0 Å². The molecule has 0 aliphatic heterocycles. The number of benzene rings is 3. The number of para-hydroxylation sites is 2. The molecule has 0 spiro atoms. The molecule has 0 aliphatic rings. The Morgan fingerprint density at radius 3 is 2.30 bits per heavy atom. The van der Waals surface area contributed by atoms with Gasteiger partial charge in [-0.05, 0) is 61.9 Å². The maximum Gasteiger partial charge on any atom is 0.416 e. The molecule has 0 fully saturated rings. The first-order valence-corrected chi connectivity index (χ1v) is 12.9. The third kappa shape index (κ3) is 4.80. The molecule has 10 nitrogen and oxygen atoms in total. The van der Waals surface area contributed by atoms with Crippen molar-refractivity contribution in [2.75, 3.05) is 11.1 Å². The van der Waals surface area contributed by atoms with Gasteiger partial charge in [0, 0.05) is 11.9 Å². The minimum Gasteiger partial charge on any atom is -0.384 e. The summed E-state index contributed by atoms with van der Waals surface area (Å²) in [5.41, 5.74) is 14.7. The van der Waals surface area contributed by atoms with E-state index in [2.05, 4.69) is 20.3 Å². The molecule has 0 bridgehead atoms. The first kappa shape index (κ1) is 27.4. The molecule has 0 saturated carbocycles. The minimum absolute atomic E-state index is 0.0000230. The number of carbonyl (C=O) groups excluding carboxylic acids is 2. The summed E-state index contributed by atoms with van der Waals surface area (Å²) >= 11 is 0. The van der Waals surface area contributed by atoms with E-state index in [1.54, 1.807) is 62.5 Å². The highest BCUT2D eigenvalue weighted by Crippen LogP contribution is 2.34. The van der Waals surface area contributed by atoms with Gasteiger partial charge in [-0.1, -0.05) is 18.2 Å². The summed E-state index contributed by atoms with van der Waals surface area (Å²) in [5.74, 6) is -1.57. The SMILES string of the molecule is Cc1cn(-c2ccc(C(F)(F)F)cc2C(=O)Nc2ccc(C)c(-n3c(N)c(C(N)=O)c4nc5ccccc5nc43)c2)cn1. The van der Waals surface area contributed by atoms with Crippen molar-refractivity contribution in [2.45, 2.75) is 20.0 Å². The number of anilines is 2. The fraction of sp³-hybridized carbons (Fsp3) is 0.100. The molecular formula is C30H23F3N8O2. The molecule has 3 aromatic carbocycles. The lowest BCUT2D eigenvalue weighted by atomic mass is 10.1. The molecule has 6 rings (SSSR count). The zero-order valence-electron chi connectivity index (χ0n) is 22.8. The number of alkyl halides is 3. The van der Waals surface area contributed by atoms with Gasteiger partial charge in [0.25, 0.3) is 11.8 Å². The van der Waals surface area contributed by atoms with E-state index in [0.717, 1.165) is 12.1 Å². The van der Waals surface area contributed by atoms with Gasteiger partial charge in [-0.15, -0.1) is 0 Å². The number of halogens is 3. The smallest absolute Gasteiger partial charge is 0.384 e. The Kier molecular flexibility index (Phi) is 6.37. The second-order valence-electron chi connectivity index (χ2n) is 9.95. The van der Waals surface area contributed by atoms with Crippen LogP contribution in [0, 0.1) is 13.8 Å². The lowest BCUT2D eigenvalue weighted by Crippen LogP contribution is -2.17. The second kappa shape index (κ2) is 9.98. The lowest BCUT2D eigenvalue weighted by molar-refractivity contribution is -0.137. The highest BCUT2D eigenvalue weighted by atomic mass is 19.4. The van der Waals surface area contributed by atoms with Crippen LogP contribution in [0.3, 0.4) is 0 Å². The van der Waals surface area contributed by atoms with Crippen LogP contribution in [-0.2, 0) is 6.18 Å². The molecule has 0 unspecified atom stereocenters. The summed E-state index contributed by atoms with van der Waals surface area (Å²) < 4.78 is 43.8. The van der Waals surface area contributed by atoms with Crippen molar-refractivity contribution in [3.8, 4) is 11.4 Å². The zero-order valence-corrected chi connectivity index (χ0v) is 22.8. The second-order valence-corrected chi connectivity index (χ2v) is 9.95. The van der Waals surface area contributed by atoms with Crippen molar-refractivity contribution in [3.05, 3.63) is 101 Å². The van der Waals surface area contributed by atoms with Crippen molar-refractivity contribution in [2.24, 2.45) is 5.73 Å². The number of imidazole rings is 1. The van der Waals surface area contributed by atoms with Crippen LogP contribution in [0.15, 0.2) is 73.2 Å². The van der Waals surface area contributed by atoms with Gasteiger partial charge in [0.05, 0.1) is 45.6 Å². The number of nitrogens with two attached hydrogens (primary N) is 2. The third-order valence-corrected chi connectivity index (χ3v) is 7.01. The van der Waals surface area contributed by atoms with Crippen LogP contribution in [0.25, 0.3) is 33.6 Å². The molecule has 6 aromatic rings.